The number of rotatable bonds is 6. The van der Waals surface area contributed by atoms with Crippen LogP contribution in [0.5, 0.6) is 0 Å². The molecule has 2 rings (SSSR count). The standard InChI is InChI=1S/C13H19N3O3S/c1-3-16(4-2)20(18,19)10-5-6-11-12(9-10)15-13(14-11)7-8-17/h5-6,9,17H,3-4,7-8H2,1-2H3,(H,14,15). The summed E-state index contributed by atoms with van der Waals surface area (Å²) in [6, 6.07) is 4.85. The van der Waals surface area contributed by atoms with E-state index in [-0.39, 0.29) is 11.5 Å². The number of aromatic amines is 1. The number of nitrogens with one attached hydrogen (secondary N) is 1. The summed E-state index contributed by atoms with van der Waals surface area (Å²) in [6.07, 6.45) is 0.423. The molecule has 1 aromatic heterocycles. The highest BCUT2D eigenvalue weighted by Crippen LogP contribution is 2.20. The summed E-state index contributed by atoms with van der Waals surface area (Å²) in [7, 11) is -3.46. The average Bonchev–Trinajstić information content (AvgIpc) is 2.81. The molecule has 1 heterocycles. The van der Waals surface area contributed by atoms with E-state index in [1.165, 1.54) is 4.31 Å². The first-order chi connectivity index (χ1) is 9.52. The Morgan fingerprint density at radius 2 is 2.00 bits per heavy atom. The van der Waals surface area contributed by atoms with Crippen molar-refractivity contribution in [3.63, 3.8) is 0 Å². The van der Waals surface area contributed by atoms with E-state index in [1.807, 2.05) is 13.8 Å². The highest BCUT2D eigenvalue weighted by molar-refractivity contribution is 7.89. The van der Waals surface area contributed by atoms with E-state index in [1.54, 1.807) is 18.2 Å². The molecule has 2 N–H and O–H groups in total. The van der Waals surface area contributed by atoms with Crippen LogP contribution < -0.4 is 0 Å². The van der Waals surface area contributed by atoms with E-state index >= 15 is 0 Å². The summed E-state index contributed by atoms with van der Waals surface area (Å²) in [5.74, 6) is 0.653. The topological polar surface area (TPSA) is 86.3 Å². The quantitative estimate of drug-likeness (QED) is 0.837. The molecule has 1 aromatic carbocycles. The van der Waals surface area contributed by atoms with Gasteiger partial charge in [-0.1, -0.05) is 13.8 Å². The van der Waals surface area contributed by atoms with Crippen LogP contribution in [0.2, 0.25) is 0 Å². The molecule has 2 aromatic rings. The molecule has 6 nitrogen and oxygen atoms in total. The van der Waals surface area contributed by atoms with Gasteiger partial charge in [0.1, 0.15) is 5.82 Å². The predicted molar refractivity (Wildman–Crippen MR) is 77.0 cm³/mol. The van der Waals surface area contributed by atoms with Crippen LogP contribution in [-0.2, 0) is 16.4 Å². The fourth-order valence-corrected chi connectivity index (χ4v) is 3.62. The molecule has 0 atom stereocenters. The number of hydrogen-bond donors (Lipinski definition) is 2. The number of imidazole rings is 1. The molecule has 0 aliphatic carbocycles. The summed E-state index contributed by atoms with van der Waals surface area (Å²) in [5.41, 5.74) is 1.37. The fraction of sp³-hybridized carbons (Fsp3) is 0.462. The number of aromatic nitrogens is 2. The Labute approximate surface area is 118 Å². The van der Waals surface area contributed by atoms with E-state index in [0.29, 0.717) is 36.4 Å². The normalized spacial score (nSPS) is 12.4. The van der Waals surface area contributed by atoms with Crippen molar-refractivity contribution in [3.8, 4) is 0 Å². The summed E-state index contributed by atoms with van der Waals surface area (Å²) in [4.78, 5) is 7.57. The Bertz CT molecular complexity index is 690. The molecule has 0 unspecified atom stereocenters. The van der Waals surface area contributed by atoms with E-state index in [4.69, 9.17) is 5.11 Å². The van der Waals surface area contributed by atoms with Gasteiger partial charge < -0.3 is 10.1 Å². The van der Waals surface area contributed by atoms with Crippen LogP contribution in [-0.4, -0.2) is 47.5 Å². The van der Waals surface area contributed by atoms with Gasteiger partial charge in [0.05, 0.1) is 22.5 Å². The largest absolute Gasteiger partial charge is 0.396 e. The van der Waals surface area contributed by atoms with Gasteiger partial charge in [-0.2, -0.15) is 4.31 Å². The van der Waals surface area contributed by atoms with Crippen molar-refractivity contribution < 1.29 is 13.5 Å². The highest BCUT2D eigenvalue weighted by Gasteiger charge is 2.22. The molecule has 0 saturated heterocycles. The van der Waals surface area contributed by atoms with Crippen LogP contribution in [0.25, 0.3) is 11.0 Å². The van der Waals surface area contributed by atoms with Gasteiger partial charge in [-0.15, -0.1) is 0 Å². The van der Waals surface area contributed by atoms with Gasteiger partial charge in [-0.05, 0) is 18.2 Å². The Balaban J connectivity index is 2.45. The Hall–Kier alpha value is -1.44. The summed E-state index contributed by atoms with van der Waals surface area (Å²) in [5, 5.41) is 8.90. The number of fused-ring (bicyclic) bond motifs is 1. The highest BCUT2D eigenvalue weighted by atomic mass is 32.2. The first-order valence-corrected chi connectivity index (χ1v) is 8.06. The van der Waals surface area contributed by atoms with Crippen molar-refractivity contribution in [2.75, 3.05) is 19.7 Å². The first-order valence-electron chi connectivity index (χ1n) is 6.62. The first kappa shape index (κ1) is 15.0. The monoisotopic (exact) mass is 297 g/mol. The number of aliphatic hydroxyl groups is 1. The number of hydrogen-bond acceptors (Lipinski definition) is 4. The number of nitrogens with zero attached hydrogens (tertiary/aromatic N) is 2. The van der Waals surface area contributed by atoms with Gasteiger partial charge in [0.15, 0.2) is 0 Å². The van der Waals surface area contributed by atoms with E-state index in [0.717, 1.165) is 0 Å². The van der Waals surface area contributed by atoms with Gasteiger partial charge in [-0.3, -0.25) is 0 Å². The van der Waals surface area contributed by atoms with Crippen molar-refractivity contribution in [2.24, 2.45) is 0 Å². The lowest BCUT2D eigenvalue weighted by atomic mass is 10.3. The molecule has 0 bridgehead atoms. The average molecular weight is 297 g/mol. The van der Waals surface area contributed by atoms with E-state index in [2.05, 4.69) is 9.97 Å². The second kappa shape index (κ2) is 5.90. The van der Waals surface area contributed by atoms with Crippen LogP contribution >= 0.6 is 0 Å². The number of benzene rings is 1. The minimum atomic E-state index is -3.46. The van der Waals surface area contributed by atoms with Crippen LogP contribution in [0.3, 0.4) is 0 Å². The second-order valence-corrected chi connectivity index (χ2v) is 6.36. The smallest absolute Gasteiger partial charge is 0.243 e. The molecule has 0 aliphatic heterocycles. The summed E-state index contributed by atoms with van der Waals surface area (Å²) < 4.78 is 26.3. The van der Waals surface area contributed by atoms with Crippen LogP contribution in [0.15, 0.2) is 23.1 Å². The zero-order valence-corrected chi connectivity index (χ0v) is 12.4. The Kier molecular flexibility index (Phi) is 4.42. The van der Waals surface area contributed by atoms with Crippen LogP contribution in [0, 0.1) is 0 Å². The van der Waals surface area contributed by atoms with Gasteiger partial charge in [0.2, 0.25) is 10.0 Å². The number of H-pyrrole nitrogens is 1. The maximum Gasteiger partial charge on any atom is 0.243 e. The third kappa shape index (κ3) is 2.70. The minimum absolute atomic E-state index is 0.00439. The van der Waals surface area contributed by atoms with Gasteiger partial charge >= 0.3 is 0 Å². The molecular formula is C13H19N3O3S. The summed E-state index contributed by atoms with van der Waals surface area (Å²) in [6.45, 7) is 4.51. The minimum Gasteiger partial charge on any atom is -0.396 e. The predicted octanol–water partition coefficient (Wildman–Crippen LogP) is 1.13. The van der Waals surface area contributed by atoms with Gasteiger partial charge in [-0.25, -0.2) is 13.4 Å². The van der Waals surface area contributed by atoms with Crippen LogP contribution in [0.4, 0.5) is 0 Å². The van der Waals surface area contributed by atoms with E-state index in [9.17, 15) is 8.42 Å². The number of aliphatic hydroxyl groups excluding tert-OH is 1. The third-order valence-electron chi connectivity index (χ3n) is 3.19. The van der Waals surface area contributed by atoms with Crippen molar-refractivity contribution in [3.05, 3.63) is 24.0 Å². The maximum absolute atomic E-state index is 12.4. The molecule has 0 aliphatic rings. The SMILES string of the molecule is CCN(CC)S(=O)(=O)c1ccc2nc(CCO)[nH]c2c1. The van der Waals surface area contributed by atoms with Crippen molar-refractivity contribution in [1.29, 1.82) is 0 Å². The number of sulfonamides is 1. The molecule has 20 heavy (non-hydrogen) atoms. The molecule has 7 heteroatoms. The molecule has 0 fully saturated rings. The molecule has 110 valence electrons. The van der Waals surface area contributed by atoms with Crippen molar-refractivity contribution in [2.45, 2.75) is 25.2 Å². The lowest BCUT2D eigenvalue weighted by Gasteiger charge is -2.18. The summed E-state index contributed by atoms with van der Waals surface area (Å²) >= 11 is 0. The fourth-order valence-electron chi connectivity index (χ4n) is 2.14. The lowest BCUT2D eigenvalue weighted by Crippen LogP contribution is -2.30. The third-order valence-corrected chi connectivity index (χ3v) is 5.24. The Morgan fingerprint density at radius 3 is 2.60 bits per heavy atom. The lowest BCUT2D eigenvalue weighted by molar-refractivity contribution is 0.297. The molecule has 0 radical (unpaired) electrons. The molecule has 0 saturated carbocycles. The zero-order valence-electron chi connectivity index (χ0n) is 11.6. The molecule has 0 spiro atoms. The Morgan fingerprint density at radius 1 is 1.30 bits per heavy atom. The maximum atomic E-state index is 12.4. The van der Waals surface area contributed by atoms with Crippen LogP contribution in [0.1, 0.15) is 19.7 Å². The van der Waals surface area contributed by atoms with Crippen molar-refractivity contribution in [1.82, 2.24) is 14.3 Å². The molecular weight excluding hydrogens is 278 g/mol. The second-order valence-electron chi connectivity index (χ2n) is 4.43. The van der Waals surface area contributed by atoms with E-state index < -0.39 is 10.0 Å². The zero-order chi connectivity index (χ0) is 14.8. The van der Waals surface area contributed by atoms with Crippen molar-refractivity contribution >= 4 is 21.1 Å². The van der Waals surface area contributed by atoms with Gasteiger partial charge in [0.25, 0.3) is 0 Å². The van der Waals surface area contributed by atoms with Gasteiger partial charge in [0, 0.05) is 19.5 Å². The molecule has 0 amide bonds.